The Bertz CT molecular complexity index is 333. The summed E-state index contributed by atoms with van der Waals surface area (Å²) >= 11 is 4.95. The van der Waals surface area contributed by atoms with Crippen molar-refractivity contribution < 1.29 is 14.3 Å². The number of nitrogens with zero attached hydrogens (tertiary/aromatic N) is 1. The molecule has 6 heteroatoms. The molecule has 0 bridgehead atoms. The average molecular weight is 274 g/mol. The van der Waals surface area contributed by atoms with Gasteiger partial charge in [-0.2, -0.15) is 0 Å². The maximum Gasteiger partial charge on any atom is 0.325 e. The van der Waals surface area contributed by atoms with Gasteiger partial charge in [0.2, 0.25) is 5.91 Å². The van der Waals surface area contributed by atoms with Gasteiger partial charge in [0.15, 0.2) is 0 Å². The van der Waals surface area contributed by atoms with Gasteiger partial charge < -0.3 is 15.4 Å². The summed E-state index contributed by atoms with van der Waals surface area (Å²) in [5.74, 6) is -0.651. The van der Waals surface area contributed by atoms with Gasteiger partial charge in [-0.15, -0.1) is 0 Å². The Labute approximate surface area is 114 Å². The Balaban J connectivity index is 4.90. The van der Waals surface area contributed by atoms with Crippen LogP contribution >= 0.6 is 12.2 Å². The first-order valence-corrected chi connectivity index (χ1v) is 6.49. The summed E-state index contributed by atoms with van der Waals surface area (Å²) in [4.78, 5) is 25.3. The Morgan fingerprint density at radius 1 is 1.33 bits per heavy atom. The van der Waals surface area contributed by atoms with Crippen LogP contribution in [0.25, 0.3) is 0 Å². The number of hydrogen-bond donors (Lipinski definition) is 1. The minimum Gasteiger partial charge on any atom is -0.465 e. The highest BCUT2D eigenvalue weighted by Crippen LogP contribution is 2.24. The molecule has 0 spiro atoms. The predicted molar refractivity (Wildman–Crippen MR) is 74.1 cm³/mol. The molecule has 1 atom stereocenters. The number of carbonyl (C=O) groups is 2. The van der Waals surface area contributed by atoms with Gasteiger partial charge in [-0.05, 0) is 27.2 Å². The van der Waals surface area contributed by atoms with E-state index in [1.165, 1.54) is 4.90 Å². The van der Waals surface area contributed by atoms with E-state index in [1.54, 1.807) is 20.8 Å². The average Bonchev–Trinajstić information content (AvgIpc) is 2.34. The summed E-state index contributed by atoms with van der Waals surface area (Å²) in [5.41, 5.74) is 4.73. The van der Waals surface area contributed by atoms with Gasteiger partial charge in [-0.3, -0.25) is 9.59 Å². The molecule has 0 aromatic rings. The fourth-order valence-corrected chi connectivity index (χ4v) is 1.70. The van der Waals surface area contributed by atoms with Crippen molar-refractivity contribution in [1.29, 1.82) is 0 Å². The molecule has 0 saturated carbocycles. The fourth-order valence-electron chi connectivity index (χ4n) is 1.47. The number of rotatable bonds is 7. The number of likely N-dealkylation sites (N-methyl/N-ethyl adjacent to an activating group) is 1. The third-order valence-corrected chi connectivity index (χ3v) is 3.47. The van der Waals surface area contributed by atoms with Gasteiger partial charge in [0.1, 0.15) is 6.54 Å². The van der Waals surface area contributed by atoms with Crippen LogP contribution in [-0.2, 0) is 14.3 Å². The topological polar surface area (TPSA) is 72.6 Å². The molecule has 0 saturated heterocycles. The van der Waals surface area contributed by atoms with Crippen LogP contribution in [0, 0.1) is 5.41 Å². The van der Waals surface area contributed by atoms with Crippen LogP contribution in [0.4, 0.5) is 0 Å². The van der Waals surface area contributed by atoms with Gasteiger partial charge in [-0.1, -0.05) is 19.1 Å². The SMILES string of the molecule is CCOC(=O)CN(CC)C(=O)C(C)(CC)C(N)=S. The van der Waals surface area contributed by atoms with Crippen LogP contribution in [0.5, 0.6) is 0 Å². The van der Waals surface area contributed by atoms with E-state index in [-0.39, 0.29) is 17.4 Å². The van der Waals surface area contributed by atoms with Gasteiger partial charge in [0, 0.05) is 6.54 Å². The monoisotopic (exact) mass is 274 g/mol. The molecule has 0 aromatic carbocycles. The van der Waals surface area contributed by atoms with Crippen LogP contribution < -0.4 is 5.73 Å². The van der Waals surface area contributed by atoms with Crippen LogP contribution in [0.3, 0.4) is 0 Å². The Hall–Kier alpha value is -1.17. The van der Waals surface area contributed by atoms with Crippen LogP contribution in [0.1, 0.15) is 34.1 Å². The van der Waals surface area contributed by atoms with Crippen LogP contribution in [-0.4, -0.2) is 41.5 Å². The number of ether oxygens (including phenoxy) is 1. The van der Waals surface area contributed by atoms with Crippen LogP contribution in [0.15, 0.2) is 0 Å². The lowest BCUT2D eigenvalue weighted by molar-refractivity contribution is -0.151. The largest absolute Gasteiger partial charge is 0.465 e. The van der Waals surface area contributed by atoms with Gasteiger partial charge in [0.05, 0.1) is 17.0 Å². The van der Waals surface area contributed by atoms with Crippen molar-refractivity contribution in [2.24, 2.45) is 11.1 Å². The molecule has 0 aromatic heterocycles. The maximum absolute atomic E-state index is 12.4. The molecule has 2 N–H and O–H groups in total. The van der Waals surface area contributed by atoms with E-state index in [0.29, 0.717) is 19.6 Å². The van der Waals surface area contributed by atoms with E-state index in [1.807, 2.05) is 6.92 Å². The minimum atomic E-state index is -0.905. The maximum atomic E-state index is 12.4. The Morgan fingerprint density at radius 3 is 2.22 bits per heavy atom. The first-order valence-electron chi connectivity index (χ1n) is 6.08. The van der Waals surface area contributed by atoms with Crippen molar-refractivity contribution in [1.82, 2.24) is 4.90 Å². The molecule has 104 valence electrons. The number of esters is 1. The second-order valence-electron chi connectivity index (χ2n) is 4.17. The lowest BCUT2D eigenvalue weighted by Crippen LogP contribution is -2.50. The molecule has 0 fully saturated rings. The summed E-state index contributed by atoms with van der Waals surface area (Å²) in [5, 5.41) is 0. The summed E-state index contributed by atoms with van der Waals surface area (Å²) < 4.78 is 4.83. The van der Waals surface area contributed by atoms with E-state index in [2.05, 4.69) is 0 Å². The van der Waals surface area contributed by atoms with Crippen molar-refractivity contribution in [2.45, 2.75) is 34.1 Å². The highest BCUT2D eigenvalue weighted by Gasteiger charge is 2.38. The number of nitrogens with two attached hydrogens (primary N) is 1. The smallest absolute Gasteiger partial charge is 0.325 e. The van der Waals surface area contributed by atoms with E-state index < -0.39 is 11.4 Å². The van der Waals surface area contributed by atoms with Gasteiger partial charge in [-0.25, -0.2) is 0 Å². The van der Waals surface area contributed by atoms with Gasteiger partial charge >= 0.3 is 5.97 Å². The molecular weight excluding hydrogens is 252 g/mol. The quantitative estimate of drug-likeness (QED) is 0.556. The summed E-state index contributed by atoms with van der Waals surface area (Å²) in [6, 6.07) is 0. The second-order valence-corrected chi connectivity index (χ2v) is 4.61. The Kier molecular flexibility index (Phi) is 6.83. The zero-order valence-corrected chi connectivity index (χ0v) is 12.3. The van der Waals surface area contributed by atoms with Crippen molar-refractivity contribution in [3.8, 4) is 0 Å². The highest BCUT2D eigenvalue weighted by atomic mass is 32.1. The van der Waals surface area contributed by atoms with E-state index >= 15 is 0 Å². The third-order valence-electron chi connectivity index (χ3n) is 3.02. The predicted octanol–water partition coefficient (Wildman–Crippen LogP) is 1.10. The number of carbonyl (C=O) groups excluding carboxylic acids is 2. The minimum absolute atomic E-state index is 0.0681. The van der Waals surface area contributed by atoms with Crippen molar-refractivity contribution in [3.63, 3.8) is 0 Å². The molecule has 1 amide bonds. The number of hydrogen-bond acceptors (Lipinski definition) is 4. The molecule has 0 radical (unpaired) electrons. The first-order chi connectivity index (χ1) is 8.33. The molecule has 18 heavy (non-hydrogen) atoms. The molecule has 0 rings (SSSR count). The molecule has 0 aliphatic heterocycles. The summed E-state index contributed by atoms with van der Waals surface area (Å²) in [6.07, 6.45) is 0.500. The van der Waals surface area contributed by atoms with E-state index in [4.69, 9.17) is 22.7 Å². The lowest BCUT2D eigenvalue weighted by Gasteiger charge is -2.32. The summed E-state index contributed by atoms with van der Waals surface area (Å²) in [6.45, 7) is 7.71. The summed E-state index contributed by atoms with van der Waals surface area (Å²) in [7, 11) is 0. The molecule has 0 aliphatic rings. The molecule has 0 heterocycles. The molecule has 0 aliphatic carbocycles. The standard InChI is InChI=1S/C12H22N2O3S/c1-5-12(4,10(13)18)11(16)14(6-2)8-9(15)17-7-3/h5-8H2,1-4H3,(H2,13,18). The zero-order valence-electron chi connectivity index (χ0n) is 11.5. The van der Waals surface area contributed by atoms with Crippen molar-refractivity contribution in [3.05, 3.63) is 0 Å². The highest BCUT2D eigenvalue weighted by molar-refractivity contribution is 7.80. The van der Waals surface area contributed by atoms with Crippen molar-refractivity contribution >= 4 is 29.1 Å². The third kappa shape index (κ3) is 3.94. The normalized spacial score (nSPS) is 13.6. The van der Waals surface area contributed by atoms with E-state index in [0.717, 1.165) is 0 Å². The zero-order chi connectivity index (χ0) is 14.3. The number of amides is 1. The first kappa shape index (κ1) is 16.8. The lowest BCUT2D eigenvalue weighted by atomic mass is 9.85. The number of thiocarbonyl (C=S) groups is 1. The molecule has 5 nitrogen and oxygen atoms in total. The molecule has 1 unspecified atom stereocenters. The fraction of sp³-hybridized carbons (Fsp3) is 0.750. The Morgan fingerprint density at radius 2 is 1.89 bits per heavy atom. The molecular formula is C12H22N2O3S. The van der Waals surface area contributed by atoms with E-state index in [9.17, 15) is 9.59 Å². The van der Waals surface area contributed by atoms with Gasteiger partial charge in [0.25, 0.3) is 0 Å². The van der Waals surface area contributed by atoms with Crippen LogP contribution in [0.2, 0.25) is 0 Å². The van der Waals surface area contributed by atoms with Crippen molar-refractivity contribution in [2.75, 3.05) is 19.7 Å². The second kappa shape index (κ2) is 7.31.